The highest BCUT2D eigenvalue weighted by molar-refractivity contribution is 6.09. The Bertz CT molecular complexity index is 739. The van der Waals surface area contributed by atoms with Crippen LogP contribution >= 0.6 is 12.4 Å². The van der Waals surface area contributed by atoms with Gasteiger partial charge in [-0.1, -0.05) is 38.1 Å². The number of nitrogens with zero attached hydrogens (tertiary/aromatic N) is 1. The van der Waals surface area contributed by atoms with Crippen molar-refractivity contribution in [2.24, 2.45) is 11.7 Å². The summed E-state index contributed by atoms with van der Waals surface area (Å²) in [4.78, 5) is 38.8. The number of urea groups is 1. The highest BCUT2D eigenvalue weighted by atomic mass is 35.5. The van der Waals surface area contributed by atoms with Gasteiger partial charge in [0, 0.05) is 12.6 Å². The third-order valence-electron chi connectivity index (χ3n) is 5.13. The average molecular weight is 395 g/mol. The van der Waals surface area contributed by atoms with E-state index in [-0.39, 0.29) is 36.8 Å². The van der Waals surface area contributed by atoms with E-state index in [1.54, 1.807) is 0 Å². The fourth-order valence-corrected chi connectivity index (χ4v) is 3.93. The van der Waals surface area contributed by atoms with E-state index in [1.807, 2.05) is 38.1 Å². The molecule has 1 aliphatic heterocycles. The number of carbonyl (C=O) groups excluding carboxylic acids is 3. The number of benzene rings is 1. The van der Waals surface area contributed by atoms with Crippen molar-refractivity contribution in [3.63, 3.8) is 0 Å². The number of amides is 4. The Balaban J connectivity index is 0.00000261. The summed E-state index contributed by atoms with van der Waals surface area (Å²) in [6.45, 7) is 4.13. The molecule has 1 aromatic rings. The smallest absolute Gasteiger partial charge is 0.325 e. The predicted molar refractivity (Wildman–Crippen MR) is 104 cm³/mol. The first-order valence-corrected chi connectivity index (χ1v) is 9.09. The van der Waals surface area contributed by atoms with E-state index >= 15 is 0 Å². The molecule has 4 amide bonds. The summed E-state index contributed by atoms with van der Waals surface area (Å²) in [6, 6.07) is 6.94. The van der Waals surface area contributed by atoms with Crippen molar-refractivity contribution >= 4 is 30.3 Å². The first-order valence-electron chi connectivity index (χ1n) is 9.09. The molecule has 27 heavy (non-hydrogen) atoms. The topological polar surface area (TPSA) is 105 Å². The molecule has 0 radical (unpaired) electrons. The lowest BCUT2D eigenvalue weighted by atomic mass is 9.92. The molecule has 1 aliphatic carbocycles. The maximum atomic E-state index is 13.0. The van der Waals surface area contributed by atoms with Crippen LogP contribution in [0.4, 0.5) is 4.79 Å². The number of carbonyl (C=O) groups is 3. The molecule has 0 aromatic heterocycles. The lowest BCUT2D eigenvalue weighted by Gasteiger charge is -2.23. The van der Waals surface area contributed by atoms with E-state index in [0.717, 1.165) is 28.9 Å². The monoisotopic (exact) mass is 394 g/mol. The molecule has 1 aromatic carbocycles. The Labute approximate surface area is 165 Å². The van der Waals surface area contributed by atoms with Crippen LogP contribution in [0.2, 0.25) is 0 Å². The van der Waals surface area contributed by atoms with Gasteiger partial charge in [0.1, 0.15) is 12.1 Å². The average Bonchev–Trinajstić information content (AvgIpc) is 3.08. The SMILES string of the molecule is CC(C)CC(CN)NC(=O)CN1C(=O)NC2(CCc3ccccc32)C1=O.Cl. The van der Waals surface area contributed by atoms with Crippen molar-refractivity contribution in [1.82, 2.24) is 15.5 Å². The highest BCUT2D eigenvalue weighted by Gasteiger charge is 2.55. The largest absolute Gasteiger partial charge is 0.351 e. The van der Waals surface area contributed by atoms with Crippen molar-refractivity contribution in [3.8, 4) is 0 Å². The van der Waals surface area contributed by atoms with E-state index in [9.17, 15) is 14.4 Å². The molecule has 2 aliphatic rings. The zero-order valence-electron chi connectivity index (χ0n) is 15.7. The van der Waals surface area contributed by atoms with E-state index in [4.69, 9.17) is 5.73 Å². The summed E-state index contributed by atoms with van der Waals surface area (Å²) in [7, 11) is 0. The standard InChI is InChI=1S/C19H26N4O3.ClH/c1-12(2)9-14(10-20)21-16(24)11-23-17(25)19(22-18(23)26)8-7-13-5-3-4-6-15(13)19;/h3-6,12,14H,7-11,20H2,1-2H3,(H,21,24)(H,22,26);1H. The summed E-state index contributed by atoms with van der Waals surface area (Å²) in [5.41, 5.74) is 6.57. The minimum atomic E-state index is -1.03. The molecule has 2 atom stereocenters. The second-order valence-corrected chi connectivity index (χ2v) is 7.51. The molecule has 0 bridgehead atoms. The number of hydrogen-bond donors (Lipinski definition) is 3. The van der Waals surface area contributed by atoms with Crippen molar-refractivity contribution in [3.05, 3.63) is 35.4 Å². The quantitative estimate of drug-likeness (QED) is 0.632. The Morgan fingerprint density at radius 2 is 2.04 bits per heavy atom. The molecular formula is C19H27ClN4O3. The molecule has 3 rings (SSSR count). The van der Waals surface area contributed by atoms with Crippen LogP contribution in [0.15, 0.2) is 24.3 Å². The summed E-state index contributed by atoms with van der Waals surface area (Å²) < 4.78 is 0. The van der Waals surface area contributed by atoms with Crippen molar-refractivity contribution in [2.45, 2.75) is 44.7 Å². The summed E-state index contributed by atoms with van der Waals surface area (Å²) in [6.07, 6.45) is 2.00. The Morgan fingerprint density at radius 3 is 2.70 bits per heavy atom. The third-order valence-corrected chi connectivity index (χ3v) is 5.13. The van der Waals surface area contributed by atoms with Crippen LogP contribution in [0.25, 0.3) is 0 Å². The number of nitrogens with two attached hydrogens (primary N) is 1. The Hall–Kier alpha value is -2.12. The van der Waals surface area contributed by atoms with Gasteiger partial charge in [0.2, 0.25) is 5.91 Å². The van der Waals surface area contributed by atoms with Gasteiger partial charge in [0.05, 0.1) is 0 Å². The number of rotatable bonds is 6. The van der Waals surface area contributed by atoms with Crippen LogP contribution < -0.4 is 16.4 Å². The van der Waals surface area contributed by atoms with Crippen LogP contribution in [-0.4, -0.2) is 41.9 Å². The molecule has 8 heteroatoms. The van der Waals surface area contributed by atoms with Gasteiger partial charge in [0.15, 0.2) is 0 Å². The number of nitrogens with one attached hydrogen (secondary N) is 2. The van der Waals surface area contributed by atoms with Crippen molar-refractivity contribution in [2.75, 3.05) is 13.1 Å². The van der Waals surface area contributed by atoms with Gasteiger partial charge in [0.25, 0.3) is 5.91 Å². The number of fused-ring (bicyclic) bond motifs is 2. The second-order valence-electron chi connectivity index (χ2n) is 7.51. The molecule has 0 saturated carbocycles. The molecule has 4 N–H and O–H groups in total. The number of imide groups is 1. The summed E-state index contributed by atoms with van der Waals surface area (Å²) in [5.74, 6) is -0.331. The first-order chi connectivity index (χ1) is 12.4. The van der Waals surface area contributed by atoms with E-state index in [1.165, 1.54) is 0 Å². The minimum absolute atomic E-state index is 0. The van der Waals surface area contributed by atoms with Gasteiger partial charge in [-0.2, -0.15) is 0 Å². The number of aryl methyl sites for hydroxylation is 1. The molecule has 7 nitrogen and oxygen atoms in total. The van der Waals surface area contributed by atoms with Gasteiger partial charge in [-0.05, 0) is 36.3 Å². The fraction of sp³-hybridized carbons (Fsp3) is 0.526. The van der Waals surface area contributed by atoms with E-state index in [2.05, 4.69) is 10.6 Å². The van der Waals surface area contributed by atoms with Crippen molar-refractivity contribution < 1.29 is 14.4 Å². The van der Waals surface area contributed by atoms with Gasteiger partial charge in [-0.3, -0.25) is 14.5 Å². The van der Waals surface area contributed by atoms with Crippen LogP contribution in [0.1, 0.15) is 37.8 Å². The van der Waals surface area contributed by atoms with Crippen LogP contribution in [-0.2, 0) is 21.5 Å². The molecular weight excluding hydrogens is 368 g/mol. The molecule has 1 spiro atoms. The Kier molecular flexibility index (Phi) is 6.49. The van der Waals surface area contributed by atoms with Crippen molar-refractivity contribution in [1.29, 1.82) is 0 Å². The number of halogens is 1. The van der Waals surface area contributed by atoms with Crippen LogP contribution in [0.3, 0.4) is 0 Å². The second kappa shape index (κ2) is 8.27. The van der Waals surface area contributed by atoms with Crippen LogP contribution in [0, 0.1) is 5.92 Å². The first kappa shape index (κ1) is 21.2. The fourth-order valence-electron chi connectivity index (χ4n) is 3.93. The molecule has 1 fully saturated rings. The van der Waals surface area contributed by atoms with E-state index in [0.29, 0.717) is 18.9 Å². The maximum absolute atomic E-state index is 13.0. The molecule has 1 saturated heterocycles. The van der Waals surface area contributed by atoms with Gasteiger partial charge in [-0.25, -0.2) is 4.79 Å². The maximum Gasteiger partial charge on any atom is 0.325 e. The zero-order chi connectivity index (χ0) is 18.9. The molecule has 2 unspecified atom stereocenters. The predicted octanol–water partition coefficient (Wildman–Crippen LogP) is 1.29. The summed E-state index contributed by atoms with van der Waals surface area (Å²) >= 11 is 0. The Morgan fingerprint density at radius 1 is 1.33 bits per heavy atom. The summed E-state index contributed by atoms with van der Waals surface area (Å²) in [5, 5.41) is 5.65. The number of hydrogen-bond acceptors (Lipinski definition) is 4. The van der Waals surface area contributed by atoms with Gasteiger partial charge in [-0.15, -0.1) is 12.4 Å². The van der Waals surface area contributed by atoms with Crippen LogP contribution in [0.5, 0.6) is 0 Å². The third kappa shape index (κ3) is 3.94. The van der Waals surface area contributed by atoms with Gasteiger partial charge >= 0.3 is 6.03 Å². The molecule has 1 heterocycles. The minimum Gasteiger partial charge on any atom is -0.351 e. The lowest BCUT2D eigenvalue weighted by Crippen LogP contribution is -2.47. The highest BCUT2D eigenvalue weighted by Crippen LogP contribution is 2.41. The lowest BCUT2D eigenvalue weighted by molar-refractivity contribution is -0.135. The molecule has 148 valence electrons. The zero-order valence-corrected chi connectivity index (χ0v) is 16.5. The van der Waals surface area contributed by atoms with E-state index < -0.39 is 11.6 Å². The van der Waals surface area contributed by atoms with Gasteiger partial charge < -0.3 is 16.4 Å². The normalized spacial score (nSPS) is 21.9.